The Bertz CT molecular complexity index is 405. The van der Waals surface area contributed by atoms with E-state index in [0.717, 1.165) is 49.1 Å². The van der Waals surface area contributed by atoms with Gasteiger partial charge in [0.2, 0.25) is 0 Å². The summed E-state index contributed by atoms with van der Waals surface area (Å²) in [7, 11) is 1.70. The molecule has 0 aromatic carbocycles. The molecule has 2 heterocycles. The second-order valence-electron chi connectivity index (χ2n) is 4.84. The number of likely N-dealkylation sites (N-methyl/N-ethyl adjacent to an activating group) is 1. The Balaban J connectivity index is 2.28. The van der Waals surface area contributed by atoms with Crippen LogP contribution in [0.25, 0.3) is 0 Å². The zero-order valence-corrected chi connectivity index (χ0v) is 13.4. The van der Waals surface area contributed by atoms with Crippen LogP contribution < -0.4 is 10.1 Å². The van der Waals surface area contributed by atoms with E-state index in [4.69, 9.17) is 9.47 Å². The summed E-state index contributed by atoms with van der Waals surface area (Å²) in [6.07, 6.45) is 3.04. The van der Waals surface area contributed by atoms with E-state index in [9.17, 15) is 0 Å². The lowest BCUT2D eigenvalue weighted by atomic mass is 10.1. The van der Waals surface area contributed by atoms with Gasteiger partial charge in [-0.3, -0.25) is 4.68 Å². The molecule has 6 heteroatoms. The van der Waals surface area contributed by atoms with Crippen molar-refractivity contribution < 1.29 is 9.47 Å². The van der Waals surface area contributed by atoms with Crippen LogP contribution in [0.15, 0.2) is 6.20 Å². The molecule has 0 spiro atoms. The molecule has 2 unspecified atom stereocenters. The summed E-state index contributed by atoms with van der Waals surface area (Å²) < 4.78 is 13.5. The van der Waals surface area contributed by atoms with Gasteiger partial charge in [-0.2, -0.15) is 16.9 Å². The van der Waals surface area contributed by atoms with Gasteiger partial charge in [0.1, 0.15) is 0 Å². The number of hydrogen-bond donors (Lipinski definition) is 1. The maximum atomic E-state index is 5.97. The number of hydrogen-bond acceptors (Lipinski definition) is 5. The molecule has 114 valence electrons. The van der Waals surface area contributed by atoms with Gasteiger partial charge >= 0.3 is 0 Å². The van der Waals surface area contributed by atoms with Gasteiger partial charge in [0, 0.05) is 18.1 Å². The van der Waals surface area contributed by atoms with Gasteiger partial charge in [0.25, 0.3) is 0 Å². The monoisotopic (exact) mass is 299 g/mol. The molecule has 1 aliphatic heterocycles. The molecule has 5 nitrogen and oxygen atoms in total. The standard InChI is InChI=1S/C14H25N3O2S/c1-4-6-17-14(11(18-3)9-16-17)13(15-5-2)12-10-20-8-7-19-12/h9,12-13,15H,4-8,10H2,1-3H3. The molecule has 0 bridgehead atoms. The maximum absolute atomic E-state index is 5.97. The Morgan fingerprint density at radius 2 is 2.45 bits per heavy atom. The summed E-state index contributed by atoms with van der Waals surface area (Å²) in [5, 5.41) is 8.01. The molecule has 1 saturated heterocycles. The molecule has 2 rings (SSSR count). The molecule has 1 aromatic heterocycles. The fourth-order valence-electron chi connectivity index (χ4n) is 2.56. The van der Waals surface area contributed by atoms with E-state index < -0.39 is 0 Å². The summed E-state index contributed by atoms with van der Waals surface area (Å²) in [6, 6.07) is 0.136. The average molecular weight is 299 g/mol. The fraction of sp³-hybridized carbons (Fsp3) is 0.786. The smallest absolute Gasteiger partial charge is 0.161 e. The van der Waals surface area contributed by atoms with E-state index in [1.165, 1.54) is 0 Å². The van der Waals surface area contributed by atoms with Crippen LogP contribution in [0.1, 0.15) is 32.0 Å². The number of aromatic nitrogens is 2. The molecule has 0 saturated carbocycles. The lowest BCUT2D eigenvalue weighted by Gasteiger charge is -2.31. The Morgan fingerprint density at radius 1 is 1.60 bits per heavy atom. The molecule has 0 amide bonds. The number of nitrogens with one attached hydrogen (secondary N) is 1. The van der Waals surface area contributed by atoms with Crippen LogP contribution >= 0.6 is 11.8 Å². The molecule has 0 radical (unpaired) electrons. The normalized spacial score (nSPS) is 20.9. The average Bonchev–Trinajstić information content (AvgIpc) is 2.89. The summed E-state index contributed by atoms with van der Waals surface area (Å²) in [6.45, 7) is 6.90. The largest absolute Gasteiger partial charge is 0.493 e. The van der Waals surface area contributed by atoms with Gasteiger partial charge in [-0.25, -0.2) is 0 Å². The SMILES string of the molecule is CCCn1ncc(OC)c1C(NCC)C1CSCCO1. The first-order valence-corrected chi connectivity index (χ1v) is 8.49. The third kappa shape index (κ3) is 3.48. The van der Waals surface area contributed by atoms with Crippen molar-refractivity contribution in [2.24, 2.45) is 0 Å². The van der Waals surface area contributed by atoms with Crippen molar-refractivity contribution in [1.82, 2.24) is 15.1 Å². The van der Waals surface area contributed by atoms with Crippen LogP contribution in [-0.2, 0) is 11.3 Å². The van der Waals surface area contributed by atoms with Crippen LogP contribution in [-0.4, -0.2) is 47.7 Å². The van der Waals surface area contributed by atoms with E-state index in [1.807, 2.05) is 18.0 Å². The predicted molar refractivity (Wildman–Crippen MR) is 82.6 cm³/mol. The highest BCUT2D eigenvalue weighted by Crippen LogP contribution is 2.31. The molecule has 20 heavy (non-hydrogen) atoms. The van der Waals surface area contributed by atoms with Crippen LogP contribution in [0.4, 0.5) is 0 Å². The van der Waals surface area contributed by atoms with Crippen molar-refractivity contribution in [3.63, 3.8) is 0 Å². The van der Waals surface area contributed by atoms with Gasteiger partial charge in [0.05, 0.1) is 37.8 Å². The van der Waals surface area contributed by atoms with E-state index in [1.54, 1.807) is 7.11 Å². The maximum Gasteiger partial charge on any atom is 0.161 e. The first kappa shape index (κ1) is 15.7. The van der Waals surface area contributed by atoms with Crippen molar-refractivity contribution in [2.45, 2.75) is 39.0 Å². The quantitative estimate of drug-likeness (QED) is 0.835. The molecular formula is C14H25N3O2S. The highest BCUT2D eigenvalue weighted by molar-refractivity contribution is 7.99. The molecule has 1 aliphatic rings. The number of thioether (sulfide) groups is 1. The Hall–Kier alpha value is -0.720. The van der Waals surface area contributed by atoms with Crippen molar-refractivity contribution >= 4 is 11.8 Å². The first-order chi connectivity index (χ1) is 9.81. The number of aryl methyl sites for hydroxylation is 1. The highest BCUT2D eigenvalue weighted by atomic mass is 32.2. The number of ether oxygens (including phenoxy) is 2. The summed E-state index contributed by atoms with van der Waals surface area (Å²) >= 11 is 1.95. The number of rotatable bonds is 7. The Kier molecular flexibility index (Phi) is 6.19. The zero-order valence-electron chi connectivity index (χ0n) is 12.6. The third-order valence-corrected chi connectivity index (χ3v) is 4.45. The molecule has 1 fully saturated rings. The van der Waals surface area contributed by atoms with Gasteiger partial charge in [-0.15, -0.1) is 0 Å². The van der Waals surface area contributed by atoms with Crippen LogP contribution in [0.3, 0.4) is 0 Å². The Labute approximate surface area is 125 Å². The van der Waals surface area contributed by atoms with E-state index >= 15 is 0 Å². The number of nitrogens with zero attached hydrogens (tertiary/aromatic N) is 2. The number of methoxy groups -OCH3 is 1. The summed E-state index contributed by atoms with van der Waals surface area (Å²) in [5.41, 5.74) is 1.11. The molecular weight excluding hydrogens is 274 g/mol. The van der Waals surface area contributed by atoms with Gasteiger partial charge in [-0.05, 0) is 13.0 Å². The molecule has 1 aromatic rings. The second-order valence-corrected chi connectivity index (χ2v) is 5.99. The minimum atomic E-state index is 0.136. The van der Waals surface area contributed by atoms with E-state index in [0.29, 0.717) is 0 Å². The van der Waals surface area contributed by atoms with Gasteiger partial charge < -0.3 is 14.8 Å². The van der Waals surface area contributed by atoms with Gasteiger partial charge in [-0.1, -0.05) is 13.8 Å². The lowest BCUT2D eigenvalue weighted by molar-refractivity contribution is 0.0441. The zero-order chi connectivity index (χ0) is 14.4. The van der Waals surface area contributed by atoms with Crippen molar-refractivity contribution in [3.8, 4) is 5.75 Å². The van der Waals surface area contributed by atoms with Gasteiger partial charge in [0.15, 0.2) is 5.75 Å². The van der Waals surface area contributed by atoms with E-state index in [2.05, 4.69) is 28.9 Å². The molecule has 0 aliphatic carbocycles. The highest BCUT2D eigenvalue weighted by Gasteiger charge is 2.31. The minimum Gasteiger partial charge on any atom is -0.493 e. The minimum absolute atomic E-state index is 0.136. The lowest BCUT2D eigenvalue weighted by Crippen LogP contribution is -2.39. The molecule has 1 N–H and O–H groups in total. The van der Waals surface area contributed by atoms with Crippen molar-refractivity contribution in [1.29, 1.82) is 0 Å². The fourth-order valence-corrected chi connectivity index (χ4v) is 3.46. The topological polar surface area (TPSA) is 48.3 Å². The Morgan fingerprint density at radius 3 is 3.05 bits per heavy atom. The van der Waals surface area contributed by atoms with Crippen molar-refractivity contribution in [3.05, 3.63) is 11.9 Å². The van der Waals surface area contributed by atoms with Crippen LogP contribution in [0.5, 0.6) is 5.75 Å². The second kappa shape index (κ2) is 7.90. The van der Waals surface area contributed by atoms with Crippen LogP contribution in [0.2, 0.25) is 0 Å². The van der Waals surface area contributed by atoms with Crippen LogP contribution in [0, 0.1) is 0 Å². The summed E-state index contributed by atoms with van der Waals surface area (Å²) in [4.78, 5) is 0. The van der Waals surface area contributed by atoms with Crippen molar-refractivity contribution in [2.75, 3.05) is 31.8 Å². The molecule has 2 atom stereocenters. The predicted octanol–water partition coefficient (Wildman–Crippen LogP) is 2.08. The summed E-state index contributed by atoms with van der Waals surface area (Å²) in [5.74, 6) is 2.95. The first-order valence-electron chi connectivity index (χ1n) is 7.34. The van der Waals surface area contributed by atoms with E-state index in [-0.39, 0.29) is 12.1 Å². The third-order valence-electron chi connectivity index (χ3n) is 3.43.